The quantitative estimate of drug-likeness (QED) is 0.665. The molecule has 1 fully saturated rings. The summed E-state index contributed by atoms with van der Waals surface area (Å²) in [6, 6.07) is 2.14. The van der Waals surface area contributed by atoms with Crippen molar-refractivity contribution in [1.29, 1.82) is 0 Å². The molecule has 10 heteroatoms. The SMILES string of the molecule is COC(=O)[C@@H](CO)NC(=O)C1CCN(S(=O)(=O)c2cccs2)CC1. The van der Waals surface area contributed by atoms with Crippen molar-refractivity contribution >= 4 is 33.2 Å². The number of ether oxygens (including phenoxy) is 1. The van der Waals surface area contributed by atoms with E-state index in [9.17, 15) is 18.0 Å². The minimum Gasteiger partial charge on any atom is -0.467 e. The van der Waals surface area contributed by atoms with Gasteiger partial charge in [-0.05, 0) is 24.3 Å². The molecule has 1 atom stereocenters. The maximum atomic E-state index is 12.4. The monoisotopic (exact) mass is 376 g/mol. The lowest BCUT2D eigenvalue weighted by Gasteiger charge is -2.30. The Morgan fingerprint density at radius 1 is 1.46 bits per heavy atom. The Balaban J connectivity index is 1.93. The fourth-order valence-electron chi connectivity index (χ4n) is 2.51. The van der Waals surface area contributed by atoms with Crippen molar-refractivity contribution in [1.82, 2.24) is 9.62 Å². The lowest BCUT2D eigenvalue weighted by atomic mass is 9.97. The molecule has 1 aromatic rings. The van der Waals surface area contributed by atoms with Crippen molar-refractivity contribution in [3.05, 3.63) is 17.5 Å². The zero-order chi connectivity index (χ0) is 17.7. The second-order valence-corrected chi connectivity index (χ2v) is 8.49. The summed E-state index contributed by atoms with van der Waals surface area (Å²) in [6.45, 7) is -0.0787. The molecule has 0 radical (unpaired) electrons. The van der Waals surface area contributed by atoms with E-state index in [0.717, 1.165) is 11.3 Å². The van der Waals surface area contributed by atoms with Crippen LogP contribution in [0.3, 0.4) is 0 Å². The van der Waals surface area contributed by atoms with Crippen LogP contribution in [0.25, 0.3) is 0 Å². The molecule has 2 rings (SSSR count). The van der Waals surface area contributed by atoms with Gasteiger partial charge in [0.05, 0.1) is 13.7 Å². The molecular weight excluding hydrogens is 356 g/mol. The molecule has 1 aliphatic heterocycles. The number of sulfonamides is 1. The number of nitrogens with one attached hydrogen (secondary N) is 1. The average Bonchev–Trinajstić information content (AvgIpc) is 3.14. The summed E-state index contributed by atoms with van der Waals surface area (Å²) in [4.78, 5) is 23.6. The van der Waals surface area contributed by atoms with Gasteiger partial charge in [-0.2, -0.15) is 4.31 Å². The smallest absolute Gasteiger partial charge is 0.330 e. The predicted octanol–water partition coefficient (Wildman–Crippen LogP) is -0.201. The number of esters is 1. The van der Waals surface area contributed by atoms with E-state index in [1.54, 1.807) is 17.5 Å². The van der Waals surface area contributed by atoms with Gasteiger partial charge in [-0.15, -0.1) is 11.3 Å². The van der Waals surface area contributed by atoms with Crippen LogP contribution in [-0.2, 0) is 24.3 Å². The van der Waals surface area contributed by atoms with Crippen molar-refractivity contribution in [2.45, 2.75) is 23.1 Å². The van der Waals surface area contributed by atoms with Gasteiger partial charge >= 0.3 is 5.97 Å². The predicted molar refractivity (Wildman–Crippen MR) is 86.8 cm³/mol. The van der Waals surface area contributed by atoms with Crippen molar-refractivity contribution in [2.75, 3.05) is 26.8 Å². The lowest BCUT2D eigenvalue weighted by molar-refractivity contribution is -0.146. The van der Waals surface area contributed by atoms with Crippen LogP contribution in [-0.4, -0.2) is 62.6 Å². The number of carbonyl (C=O) groups is 2. The number of piperidine rings is 1. The van der Waals surface area contributed by atoms with Crippen LogP contribution in [0.4, 0.5) is 0 Å². The van der Waals surface area contributed by atoms with Crippen LogP contribution in [0, 0.1) is 5.92 Å². The maximum absolute atomic E-state index is 12.4. The topological polar surface area (TPSA) is 113 Å². The first kappa shape index (κ1) is 18.8. The van der Waals surface area contributed by atoms with Crippen LogP contribution in [0.1, 0.15) is 12.8 Å². The number of hydrogen-bond donors (Lipinski definition) is 2. The number of aliphatic hydroxyl groups is 1. The van der Waals surface area contributed by atoms with Gasteiger partial charge in [0.1, 0.15) is 4.21 Å². The molecular formula is C14H20N2O6S2. The van der Waals surface area contributed by atoms with Gasteiger partial charge in [0, 0.05) is 19.0 Å². The van der Waals surface area contributed by atoms with Crippen molar-refractivity contribution < 1.29 is 27.9 Å². The van der Waals surface area contributed by atoms with Crippen LogP contribution in [0.15, 0.2) is 21.7 Å². The first-order valence-corrected chi connectivity index (χ1v) is 9.74. The Morgan fingerprint density at radius 2 is 2.12 bits per heavy atom. The van der Waals surface area contributed by atoms with Gasteiger partial charge in [0.25, 0.3) is 10.0 Å². The molecule has 0 aromatic carbocycles. The number of amides is 1. The van der Waals surface area contributed by atoms with E-state index >= 15 is 0 Å². The highest BCUT2D eigenvalue weighted by atomic mass is 32.2. The average molecular weight is 376 g/mol. The highest BCUT2D eigenvalue weighted by molar-refractivity contribution is 7.91. The molecule has 1 amide bonds. The molecule has 1 saturated heterocycles. The highest BCUT2D eigenvalue weighted by Crippen LogP contribution is 2.26. The first-order chi connectivity index (χ1) is 11.4. The standard InChI is InChI=1S/C14H20N2O6S2/c1-22-14(19)11(9-17)15-13(18)10-4-6-16(7-5-10)24(20,21)12-3-2-8-23-12/h2-3,8,10-11,17H,4-7,9H2,1H3,(H,15,18)/t11-/m1/s1. The van der Waals surface area contributed by atoms with Gasteiger partial charge in [0.15, 0.2) is 6.04 Å². The number of carbonyl (C=O) groups excluding carboxylic acids is 2. The molecule has 2 N–H and O–H groups in total. The zero-order valence-electron chi connectivity index (χ0n) is 13.2. The summed E-state index contributed by atoms with van der Waals surface area (Å²) >= 11 is 1.16. The number of aliphatic hydroxyl groups excluding tert-OH is 1. The molecule has 1 aliphatic rings. The normalized spacial score (nSPS) is 18.1. The molecule has 134 valence electrons. The largest absolute Gasteiger partial charge is 0.467 e. The van der Waals surface area contributed by atoms with Gasteiger partial charge in [0.2, 0.25) is 5.91 Å². The van der Waals surface area contributed by atoms with Crippen LogP contribution in [0.5, 0.6) is 0 Å². The number of hydrogen-bond acceptors (Lipinski definition) is 7. The molecule has 0 aliphatic carbocycles. The molecule has 1 aromatic heterocycles. The Kier molecular flexibility index (Phi) is 6.33. The van der Waals surface area contributed by atoms with Gasteiger partial charge in [-0.25, -0.2) is 13.2 Å². The summed E-state index contributed by atoms with van der Waals surface area (Å²) in [5.74, 6) is -1.50. The summed E-state index contributed by atoms with van der Waals surface area (Å²) in [6.07, 6.45) is 0.714. The molecule has 2 heterocycles. The van der Waals surface area contributed by atoms with Gasteiger partial charge in [-0.1, -0.05) is 6.07 Å². The zero-order valence-corrected chi connectivity index (χ0v) is 14.8. The number of thiophene rings is 1. The summed E-state index contributed by atoms with van der Waals surface area (Å²) in [5, 5.41) is 13.3. The van der Waals surface area contributed by atoms with Crippen molar-refractivity contribution in [2.24, 2.45) is 5.92 Å². The fourth-order valence-corrected chi connectivity index (χ4v) is 5.12. The Bertz CT molecular complexity index is 665. The lowest BCUT2D eigenvalue weighted by Crippen LogP contribution is -2.49. The van der Waals surface area contributed by atoms with Crippen LogP contribution >= 0.6 is 11.3 Å². The van der Waals surface area contributed by atoms with E-state index < -0.39 is 34.6 Å². The Hall–Kier alpha value is -1.49. The third-order valence-electron chi connectivity index (χ3n) is 3.90. The minimum atomic E-state index is -3.51. The van der Waals surface area contributed by atoms with E-state index in [2.05, 4.69) is 10.1 Å². The summed E-state index contributed by atoms with van der Waals surface area (Å²) in [7, 11) is -2.34. The number of rotatable bonds is 6. The van der Waals surface area contributed by atoms with Crippen molar-refractivity contribution in [3.63, 3.8) is 0 Å². The number of methoxy groups -OCH3 is 1. The number of nitrogens with zero attached hydrogens (tertiary/aromatic N) is 1. The molecule has 0 spiro atoms. The van der Waals surface area contributed by atoms with Gasteiger partial charge < -0.3 is 15.2 Å². The molecule has 0 bridgehead atoms. The molecule has 0 unspecified atom stereocenters. The van der Waals surface area contributed by atoms with E-state index in [1.165, 1.54) is 11.4 Å². The Labute approximate surface area is 144 Å². The van der Waals surface area contributed by atoms with Gasteiger partial charge in [-0.3, -0.25) is 4.79 Å². The second kappa shape index (κ2) is 8.06. The van der Waals surface area contributed by atoms with E-state index in [4.69, 9.17) is 5.11 Å². The molecule has 24 heavy (non-hydrogen) atoms. The fraction of sp³-hybridized carbons (Fsp3) is 0.571. The maximum Gasteiger partial charge on any atom is 0.330 e. The molecule has 8 nitrogen and oxygen atoms in total. The van der Waals surface area contributed by atoms with E-state index in [1.807, 2.05) is 0 Å². The highest BCUT2D eigenvalue weighted by Gasteiger charge is 2.33. The third-order valence-corrected chi connectivity index (χ3v) is 7.17. The minimum absolute atomic E-state index is 0.236. The van der Waals surface area contributed by atoms with E-state index in [0.29, 0.717) is 12.8 Å². The van der Waals surface area contributed by atoms with Crippen molar-refractivity contribution in [3.8, 4) is 0 Å². The molecule has 0 saturated carbocycles. The summed E-state index contributed by atoms with van der Waals surface area (Å²) in [5.41, 5.74) is 0. The first-order valence-electron chi connectivity index (χ1n) is 7.43. The second-order valence-electron chi connectivity index (χ2n) is 5.38. The van der Waals surface area contributed by atoms with Crippen LogP contribution < -0.4 is 5.32 Å². The summed E-state index contributed by atoms with van der Waals surface area (Å²) < 4.78 is 31.0. The van der Waals surface area contributed by atoms with Crippen LogP contribution in [0.2, 0.25) is 0 Å². The van der Waals surface area contributed by atoms with E-state index in [-0.39, 0.29) is 23.2 Å². The Morgan fingerprint density at radius 3 is 2.62 bits per heavy atom. The third kappa shape index (κ3) is 4.12.